The zero-order chi connectivity index (χ0) is 53.4. The molecule has 0 aromatic carbocycles. The Morgan fingerprint density at radius 1 is 0.324 bits per heavy atom. The second-order valence-corrected chi connectivity index (χ2v) is 21.5. The molecule has 0 radical (unpaired) electrons. The number of esters is 2. The molecule has 1 N–H and O–H groups in total. The lowest BCUT2D eigenvalue weighted by Gasteiger charge is -2.15. The highest BCUT2D eigenvalue weighted by molar-refractivity contribution is 5.70. The summed E-state index contributed by atoms with van der Waals surface area (Å²) >= 11 is 0. The van der Waals surface area contributed by atoms with E-state index in [1.807, 2.05) is 0 Å². The minimum atomic E-state index is -0.788. The predicted molar refractivity (Wildman–Crippen MR) is 325 cm³/mol. The molecule has 0 spiro atoms. The van der Waals surface area contributed by atoms with Gasteiger partial charge in [-0.15, -0.1) is 0 Å². The maximum Gasteiger partial charge on any atom is 0.306 e. The van der Waals surface area contributed by atoms with Crippen LogP contribution in [0, 0.1) is 0 Å². The van der Waals surface area contributed by atoms with Crippen molar-refractivity contribution in [3.63, 3.8) is 0 Å². The summed E-state index contributed by atoms with van der Waals surface area (Å²) in [5.41, 5.74) is 0. The quantitative estimate of drug-likeness (QED) is 0.0373. The fourth-order valence-corrected chi connectivity index (χ4v) is 9.42. The van der Waals surface area contributed by atoms with Crippen molar-refractivity contribution in [2.45, 2.75) is 328 Å². The molecule has 1 unspecified atom stereocenters. The molecule has 5 nitrogen and oxygen atoms in total. The lowest BCUT2D eigenvalue weighted by molar-refractivity contribution is -0.161. The van der Waals surface area contributed by atoms with Gasteiger partial charge >= 0.3 is 11.9 Å². The third kappa shape index (κ3) is 61.6. The number of carbonyl (C=O) groups excluding carboxylic acids is 2. The number of aliphatic hydroxyl groups excluding tert-OH is 1. The second-order valence-electron chi connectivity index (χ2n) is 21.5. The van der Waals surface area contributed by atoms with Crippen LogP contribution in [0.15, 0.2) is 85.1 Å². The molecule has 0 aliphatic heterocycles. The molecule has 0 saturated carbocycles. The fourth-order valence-electron chi connectivity index (χ4n) is 9.42. The maximum atomic E-state index is 12.3. The highest BCUT2D eigenvalue weighted by atomic mass is 16.6. The summed E-state index contributed by atoms with van der Waals surface area (Å²) in [6, 6.07) is 0. The van der Waals surface area contributed by atoms with Crippen LogP contribution in [0.1, 0.15) is 322 Å². The van der Waals surface area contributed by atoms with Crippen molar-refractivity contribution in [3.8, 4) is 0 Å². The molecule has 0 aliphatic rings. The molecule has 0 saturated heterocycles. The number of hydrogen-bond donors (Lipinski definition) is 1. The molecular weight excluding hydrogens is 909 g/mol. The lowest BCUT2D eigenvalue weighted by Crippen LogP contribution is -2.28. The number of unbranched alkanes of at least 4 members (excludes halogenated alkanes) is 37. The molecule has 0 aromatic rings. The Hall–Kier alpha value is -2.92. The Balaban J connectivity index is 3.48. The Kier molecular flexibility index (Phi) is 61.8. The molecule has 0 aliphatic carbocycles. The van der Waals surface area contributed by atoms with E-state index < -0.39 is 6.10 Å². The summed E-state index contributed by atoms with van der Waals surface area (Å²) in [5.74, 6) is -0.604. The summed E-state index contributed by atoms with van der Waals surface area (Å²) in [6.07, 6.45) is 90.2. The Labute approximate surface area is 460 Å². The Morgan fingerprint density at radius 2 is 0.581 bits per heavy atom. The van der Waals surface area contributed by atoms with Gasteiger partial charge in [0.2, 0.25) is 0 Å². The van der Waals surface area contributed by atoms with Crippen molar-refractivity contribution in [1.29, 1.82) is 0 Å². The van der Waals surface area contributed by atoms with Crippen LogP contribution in [0.25, 0.3) is 0 Å². The SMILES string of the molecule is CC/C=C\C/C=C\C/C=C\C/C=C\C/C=C\C/C=C\C/C=C\CCCCCCCC(=O)OC(CO)COC(=O)CCCCCCCCCCCCCCCCCCCCCCCCCCCCCCCCCCC. The topological polar surface area (TPSA) is 72.8 Å². The van der Waals surface area contributed by atoms with Gasteiger partial charge < -0.3 is 14.6 Å². The summed E-state index contributed by atoms with van der Waals surface area (Å²) in [5, 5.41) is 9.68. The van der Waals surface area contributed by atoms with Gasteiger partial charge in [-0.25, -0.2) is 0 Å². The van der Waals surface area contributed by atoms with Gasteiger partial charge in [-0.1, -0.05) is 324 Å². The minimum Gasteiger partial charge on any atom is -0.462 e. The van der Waals surface area contributed by atoms with Crippen molar-refractivity contribution in [1.82, 2.24) is 0 Å². The number of ether oxygens (including phenoxy) is 2. The summed E-state index contributed by atoms with van der Waals surface area (Å²) < 4.78 is 10.7. The minimum absolute atomic E-state index is 0.0751. The molecule has 74 heavy (non-hydrogen) atoms. The third-order valence-electron chi connectivity index (χ3n) is 14.2. The van der Waals surface area contributed by atoms with Crippen molar-refractivity contribution in [2.75, 3.05) is 13.2 Å². The molecule has 5 heteroatoms. The van der Waals surface area contributed by atoms with Crippen LogP contribution in [0.2, 0.25) is 0 Å². The molecular formula is C69H122O5. The van der Waals surface area contributed by atoms with Crippen molar-refractivity contribution >= 4 is 11.9 Å². The largest absolute Gasteiger partial charge is 0.462 e. The number of rotatable bonds is 59. The standard InChI is InChI=1S/C69H122O5/c1-3-5-7-9-11-13-15-17-19-21-23-25-27-29-31-32-33-34-35-36-38-39-41-43-45-47-49-51-53-55-57-59-61-63-68(71)73-66-67(65-70)74-69(72)64-62-60-58-56-54-52-50-48-46-44-42-40-37-30-28-26-24-22-20-18-16-14-12-10-8-6-4-2/h6,8,12,14,18,20,24,26,30,37,42,44,48,50,67,70H,3-5,7,9-11,13,15-17,19,21-23,25,27-29,31-36,38-41,43,45-47,49,51-66H2,1-2H3/b8-6-,14-12-,20-18-,26-24-,37-30-,44-42-,50-48-. The van der Waals surface area contributed by atoms with Gasteiger partial charge in [-0.05, 0) is 70.6 Å². The van der Waals surface area contributed by atoms with Crippen molar-refractivity contribution in [3.05, 3.63) is 85.1 Å². The smallest absolute Gasteiger partial charge is 0.306 e. The molecule has 0 aromatic heterocycles. The van der Waals surface area contributed by atoms with E-state index in [4.69, 9.17) is 9.47 Å². The van der Waals surface area contributed by atoms with Gasteiger partial charge in [0.1, 0.15) is 6.61 Å². The van der Waals surface area contributed by atoms with Crippen LogP contribution >= 0.6 is 0 Å². The third-order valence-corrected chi connectivity index (χ3v) is 14.2. The average Bonchev–Trinajstić information content (AvgIpc) is 3.40. The number of aliphatic hydroxyl groups is 1. The van der Waals surface area contributed by atoms with Crippen LogP contribution in [-0.2, 0) is 19.1 Å². The zero-order valence-electron chi connectivity index (χ0n) is 49.1. The van der Waals surface area contributed by atoms with Crippen LogP contribution in [0.4, 0.5) is 0 Å². The van der Waals surface area contributed by atoms with E-state index in [-0.39, 0.29) is 25.2 Å². The van der Waals surface area contributed by atoms with E-state index in [1.54, 1.807) is 0 Å². The maximum absolute atomic E-state index is 12.3. The van der Waals surface area contributed by atoms with Gasteiger partial charge in [0, 0.05) is 12.8 Å². The highest BCUT2D eigenvalue weighted by Crippen LogP contribution is 2.18. The second kappa shape index (κ2) is 64.4. The molecule has 0 amide bonds. The van der Waals surface area contributed by atoms with Gasteiger partial charge in [-0.2, -0.15) is 0 Å². The zero-order valence-corrected chi connectivity index (χ0v) is 49.1. The van der Waals surface area contributed by atoms with Crippen LogP contribution in [0.3, 0.4) is 0 Å². The van der Waals surface area contributed by atoms with Crippen molar-refractivity contribution in [2.24, 2.45) is 0 Å². The van der Waals surface area contributed by atoms with E-state index in [1.165, 1.54) is 193 Å². The van der Waals surface area contributed by atoms with Crippen LogP contribution < -0.4 is 0 Å². The van der Waals surface area contributed by atoms with E-state index >= 15 is 0 Å². The number of allylic oxidation sites excluding steroid dienone is 14. The van der Waals surface area contributed by atoms with Crippen molar-refractivity contribution < 1.29 is 24.2 Å². The molecule has 1 atom stereocenters. The summed E-state index contributed by atoms with van der Waals surface area (Å²) in [6.45, 7) is 4.05. The van der Waals surface area contributed by atoms with E-state index in [0.717, 1.165) is 103 Å². The lowest BCUT2D eigenvalue weighted by atomic mass is 10.0. The predicted octanol–water partition coefficient (Wildman–Crippen LogP) is 22.1. The van der Waals surface area contributed by atoms with Gasteiger partial charge in [0.05, 0.1) is 6.61 Å². The fraction of sp³-hybridized carbons (Fsp3) is 0.768. The first-order valence-corrected chi connectivity index (χ1v) is 32.1. The number of hydrogen-bond acceptors (Lipinski definition) is 5. The van der Waals surface area contributed by atoms with Gasteiger partial charge in [0.15, 0.2) is 6.10 Å². The Bertz CT molecular complexity index is 1350. The molecule has 0 fully saturated rings. The Morgan fingerprint density at radius 3 is 0.878 bits per heavy atom. The van der Waals surface area contributed by atoms with E-state index in [0.29, 0.717) is 12.8 Å². The molecule has 0 bridgehead atoms. The first kappa shape index (κ1) is 71.1. The van der Waals surface area contributed by atoms with Gasteiger partial charge in [-0.3, -0.25) is 9.59 Å². The van der Waals surface area contributed by atoms with Crippen LogP contribution in [0.5, 0.6) is 0 Å². The summed E-state index contributed by atoms with van der Waals surface area (Å²) in [7, 11) is 0. The average molecular weight is 1030 g/mol. The number of carbonyl (C=O) groups is 2. The first-order valence-electron chi connectivity index (χ1n) is 32.1. The normalized spacial score (nSPS) is 12.7. The first-order chi connectivity index (χ1) is 36.6. The monoisotopic (exact) mass is 1030 g/mol. The molecule has 0 heterocycles. The van der Waals surface area contributed by atoms with E-state index in [2.05, 4.69) is 98.9 Å². The highest BCUT2D eigenvalue weighted by Gasteiger charge is 2.16. The molecule has 428 valence electrons. The summed E-state index contributed by atoms with van der Waals surface area (Å²) in [4.78, 5) is 24.6. The molecule has 0 rings (SSSR count). The van der Waals surface area contributed by atoms with Gasteiger partial charge in [0.25, 0.3) is 0 Å². The van der Waals surface area contributed by atoms with E-state index in [9.17, 15) is 14.7 Å². The van der Waals surface area contributed by atoms with Crippen LogP contribution in [-0.4, -0.2) is 36.4 Å².